The van der Waals surface area contributed by atoms with Crippen molar-refractivity contribution in [2.75, 3.05) is 26.0 Å². The Balaban J connectivity index is 1.60. The van der Waals surface area contributed by atoms with E-state index in [2.05, 4.69) is 10.4 Å². The fraction of sp³-hybridized carbons (Fsp3) is 0.125. The molecule has 4 rings (SSSR count). The molecule has 0 spiro atoms. The van der Waals surface area contributed by atoms with Crippen molar-refractivity contribution in [3.63, 3.8) is 0 Å². The Hall–Kier alpha value is -4.11. The lowest BCUT2D eigenvalue weighted by molar-refractivity contribution is -0.116. The van der Waals surface area contributed by atoms with Crippen molar-refractivity contribution in [2.24, 2.45) is 0 Å². The van der Waals surface area contributed by atoms with Gasteiger partial charge in [-0.1, -0.05) is 23.7 Å². The Kier molecular flexibility index (Phi) is 6.65. The highest BCUT2D eigenvalue weighted by Gasteiger charge is 2.25. The molecule has 2 aromatic heterocycles. The second kappa shape index (κ2) is 9.80. The minimum atomic E-state index is -0.485. The van der Waals surface area contributed by atoms with Gasteiger partial charge in [0, 0.05) is 24.5 Å². The summed E-state index contributed by atoms with van der Waals surface area (Å²) in [7, 11) is 2.97. The van der Waals surface area contributed by atoms with Crippen molar-refractivity contribution in [3.05, 3.63) is 89.6 Å². The number of hydrogen-bond donors (Lipinski definition) is 1. The summed E-state index contributed by atoms with van der Waals surface area (Å²) in [5.74, 6) is -0.599. The predicted octanol–water partition coefficient (Wildman–Crippen LogP) is 4.17. The SMILES string of the molecule is COc1ccc(Cl)cc1NC(=O)CN(C)C(=O)c1cnn(-c2ccccc2F)c1-n1cccc1. The highest BCUT2D eigenvalue weighted by molar-refractivity contribution is 6.31. The summed E-state index contributed by atoms with van der Waals surface area (Å²) in [6.45, 7) is -0.246. The average Bonchev–Trinajstić information content (AvgIpc) is 3.49. The molecule has 2 amide bonds. The molecule has 0 saturated heterocycles. The number of carbonyl (C=O) groups is 2. The number of carbonyl (C=O) groups excluding carboxylic acids is 2. The molecule has 8 nitrogen and oxygen atoms in total. The average molecular weight is 482 g/mol. The van der Waals surface area contributed by atoms with Crippen LogP contribution < -0.4 is 10.1 Å². The normalized spacial score (nSPS) is 10.7. The summed E-state index contributed by atoms with van der Waals surface area (Å²) >= 11 is 6.01. The standard InChI is InChI=1S/C24H21ClFN5O3/c1-29(15-22(32)28-19-13-16(25)9-10-21(19)34-2)24(33)17-14-27-31(20-8-4-3-7-18(20)26)23(17)30-11-5-6-12-30/h3-14H,15H2,1-2H3,(H,28,32). The molecule has 2 heterocycles. The molecule has 0 saturated carbocycles. The maximum absolute atomic E-state index is 14.5. The Morgan fingerprint density at radius 2 is 1.88 bits per heavy atom. The van der Waals surface area contributed by atoms with Gasteiger partial charge >= 0.3 is 0 Å². The fourth-order valence-corrected chi connectivity index (χ4v) is 3.65. The summed E-state index contributed by atoms with van der Waals surface area (Å²) < 4.78 is 22.8. The van der Waals surface area contributed by atoms with Gasteiger partial charge in [0.05, 0.1) is 25.5 Å². The molecule has 0 radical (unpaired) electrons. The van der Waals surface area contributed by atoms with Gasteiger partial charge in [-0.3, -0.25) is 9.59 Å². The number of aromatic nitrogens is 3. The third-order valence-corrected chi connectivity index (χ3v) is 5.30. The van der Waals surface area contributed by atoms with Gasteiger partial charge in [-0.25, -0.2) is 9.07 Å². The molecular weight excluding hydrogens is 461 g/mol. The van der Waals surface area contributed by atoms with Gasteiger partial charge in [0.1, 0.15) is 22.8 Å². The van der Waals surface area contributed by atoms with Gasteiger partial charge in [0.25, 0.3) is 5.91 Å². The van der Waals surface area contributed by atoms with E-state index in [1.54, 1.807) is 65.5 Å². The Morgan fingerprint density at radius 3 is 2.59 bits per heavy atom. The van der Waals surface area contributed by atoms with Crippen LogP contribution in [0.15, 0.2) is 73.2 Å². The largest absolute Gasteiger partial charge is 0.495 e. The van der Waals surface area contributed by atoms with Crippen LogP contribution in [0.25, 0.3) is 11.5 Å². The molecule has 0 unspecified atom stereocenters. The number of likely N-dealkylation sites (N-methyl/N-ethyl adjacent to an activating group) is 1. The van der Waals surface area contributed by atoms with E-state index < -0.39 is 17.6 Å². The third-order valence-electron chi connectivity index (χ3n) is 5.07. The topological polar surface area (TPSA) is 81.4 Å². The van der Waals surface area contributed by atoms with Crippen LogP contribution in [0.4, 0.5) is 10.1 Å². The highest BCUT2D eigenvalue weighted by atomic mass is 35.5. The minimum absolute atomic E-state index is 0.193. The van der Waals surface area contributed by atoms with Crippen LogP contribution in [0.1, 0.15) is 10.4 Å². The highest BCUT2D eigenvalue weighted by Crippen LogP contribution is 2.28. The second-order valence-corrected chi connectivity index (χ2v) is 7.83. The van der Waals surface area contributed by atoms with Crippen molar-refractivity contribution >= 4 is 29.1 Å². The summed E-state index contributed by atoms with van der Waals surface area (Å²) in [6, 6.07) is 14.5. The first-order chi connectivity index (χ1) is 16.4. The van der Waals surface area contributed by atoms with Gasteiger partial charge in [0.2, 0.25) is 5.91 Å². The molecule has 0 aliphatic carbocycles. The molecule has 4 aromatic rings. The summed E-state index contributed by atoms with van der Waals surface area (Å²) in [4.78, 5) is 27.2. The molecule has 34 heavy (non-hydrogen) atoms. The first kappa shape index (κ1) is 23.1. The smallest absolute Gasteiger partial charge is 0.259 e. The number of nitrogens with one attached hydrogen (secondary N) is 1. The molecule has 0 aliphatic rings. The number of anilines is 1. The number of ether oxygens (including phenoxy) is 1. The van der Waals surface area contributed by atoms with Crippen LogP contribution in [0.3, 0.4) is 0 Å². The van der Waals surface area contributed by atoms with Crippen LogP contribution in [-0.2, 0) is 4.79 Å². The summed E-state index contributed by atoms with van der Waals surface area (Å²) in [5.41, 5.74) is 0.787. The van der Waals surface area contributed by atoms with E-state index >= 15 is 0 Å². The zero-order valence-corrected chi connectivity index (χ0v) is 19.2. The molecule has 174 valence electrons. The Labute approximate surface area is 200 Å². The number of para-hydroxylation sites is 1. The number of hydrogen-bond acceptors (Lipinski definition) is 4. The van der Waals surface area contributed by atoms with Crippen LogP contribution in [0, 0.1) is 5.82 Å². The molecule has 10 heteroatoms. The first-order valence-electron chi connectivity index (χ1n) is 10.2. The van der Waals surface area contributed by atoms with Gasteiger partial charge in [0.15, 0.2) is 5.82 Å². The number of benzene rings is 2. The minimum Gasteiger partial charge on any atom is -0.495 e. The molecule has 0 fully saturated rings. The Bertz CT molecular complexity index is 1340. The van der Waals surface area contributed by atoms with Crippen molar-refractivity contribution in [3.8, 4) is 17.3 Å². The number of amides is 2. The quantitative estimate of drug-likeness (QED) is 0.429. The van der Waals surface area contributed by atoms with Crippen molar-refractivity contribution in [1.29, 1.82) is 0 Å². The van der Waals surface area contributed by atoms with E-state index in [4.69, 9.17) is 16.3 Å². The zero-order valence-electron chi connectivity index (χ0n) is 18.4. The van der Waals surface area contributed by atoms with Gasteiger partial charge in [-0.05, 0) is 42.5 Å². The van der Waals surface area contributed by atoms with Gasteiger partial charge < -0.3 is 19.5 Å². The lowest BCUT2D eigenvalue weighted by Gasteiger charge is -2.18. The van der Waals surface area contributed by atoms with E-state index in [-0.39, 0.29) is 17.8 Å². The Morgan fingerprint density at radius 1 is 1.15 bits per heavy atom. The lowest BCUT2D eigenvalue weighted by Crippen LogP contribution is -2.35. The second-order valence-electron chi connectivity index (χ2n) is 7.39. The summed E-state index contributed by atoms with van der Waals surface area (Å²) in [6.07, 6.45) is 4.81. The lowest BCUT2D eigenvalue weighted by atomic mass is 10.2. The number of rotatable bonds is 7. The van der Waals surface area contributed by atoms with Gasteiger partial charge in [-0.2, -0.15) is 5.10 Å². The van der Waals surface area contributed by atoms with Gasteiger partial charge in [-0.15, -0.1) is 0 Å². The summed E-state index contributed by atoms with van der Waals surface area (Å²) in [5, 5.41) is 7.39. The van der Waals surface area contributed by atoms with E-state index in [1.807, 2.05) is 0 Å². The maximum Gasteiger partial charge on any atom is 0.259 e. The molecule has 0 aliphatic heterocycles. The zero-order chi connectivity index (χ0) is 24.2. The van der Waals surface area contributed by atoms with E-state index in [0.717, 1.165) is 0 Å². The van der Waals surface area contributed by atoms with Crippen LogP contribution in [-0.4, -0.2) is 51.8 Å². The predicted molar refractivity (Wildman–Crippen MR) is 126 cm³/mol. The maximum atomic E-state index is 14.5. The van der Waals surface area contributed by atoms with E-state index in [9.17, 15) is 14.0 Å². The first-order valence-corrected chi connectivity index (χ1v) is 10.6. The number of methoxy groups -OCH3 is 1. The molecule has 2 aromatic carbocycles. The molecular formula is C24H21ClFN5O3. The number of nitrogens with zero attached hydrogens (tertiary/aromatic N) is 4. The molecule has 0 bridgehead atoms. The van der Waals surface area contributed by atoms with Crippen LogP contribution >= 0.6 is 11.6 Å². The van der Waals surface area contributed by atoms with Crippen molar-refractivity contribution in [1.82, 2.24) is 19.2 Å². The number of halogens is 2. The van der Waals surface area contributed by atoms with E-state index in [1.165, 1.54) is 36.0 Å². The van der Waals surface area contributed by atoms with Crippen molar-refractivity contribution < 1.29 is 18.7 Å². The van der Waals surface area contributed by atoms with Crippen molar-refractivity contribution in [2.45, 2.75) is 0 Å². The van der Waals surface area contributed by atoms with E-state index in [0.29, 0.717) is 22.3 Å². The monoisotopic (exact) mass is 481 g/mol. The third kappa shape index (κ3) is 4.65. The molecule has 0 atom stereocenters. The molecule has 1 N–H and O–H groups in total. The van der Waals surface area contributed by atoms with Crippen LogP contribution in [0.2, 0.25) is 5.02 Å². The fourth-order valence-electron chi connectivity index (χ4n) is 3.48. The van der Waals surface area contributed by atoms with Crippen LogP contribution in [0.5, 0.6) is 5.75 Å².